The fourth-order valence-corrected chi connectivity index (χ4v) is 4.91. The third kappa shape index (κ3) is 4.38. The van der Waals surface area contributed by atoms with Gasteiger partial charge in [0.15, 0.2) is 17.6 Å². The van der Waals surface area contributed by atoms with Crippen LogP contribution < -0.4 is 24.2 Å². The molecule has 2 heterocycles. The minimum Gasteiger partial charge on any atom is -0.495 e. The lowest BCUT2D eigenvalue weighted by Gasteiger charge is -2.29. The van der Waals surface area contributed by atoms with Gasteiger partial charge in [0, 0.05) is 0 Å². The molecule has 0 aromatic heterocycles. The Labute approximate surface area is 216 Å². The molecule has 2 aliphatic heterocycles. The monoisotopic (exact) mass is 502 g/mol. The molecule has 3 aromatic rings. The van der Waals surface area contributed by atoms with Crippen LogP contribution in [0, 0.1) is 5.92 Å². The SMILES string of the molecule is CCCOc1ccc([C@@H]2[C@H]3C(=O)N(c4ccccc4OC)C(=O)[C@@H]3ON2c2ccccc2)cc1OCC. The Morgan fingerprint density at radius 1 is 0.838 bits per heavy atom. The van der Waals surface area contributed by atoms with Gasteiger partial charge in [-0.05, 0) is 55.3 Å². The molecule has 2 aliphatic rings. The maximum Gasteiger partial charge on any atom is 0.266 e. The van der Waals surface area contributed by atoms with E-state index in [2.05, 4.69) is 0 Å². The molecule has 2 fully saturated rings. The molecule has 0 bridgehead atoms. The van der Waals surface area contributed by atoms with E-state index in [0.717, 1.165) is 17.7 Å². The second kappa shape index (κ2) is 10.5. The Kier molecular flexibility index (Phi) is 7.01. The molecule has 3 aromatic carbocycles. The van der Waals surface area contributed by atoms with Crippen molar-refractivity contribution in [3.8, 4) is 17.2 Å². The van der Waals surface area contributed by atoms with E-state index >= 15 is 0 Å². The van der Waals surface area contributed by atoms with Crippen molar-refractivity contribution in [2.75, 3.05) is 30.3 Å². The summed E-state index contributed by atoms with van der Waals surface area (Å²) in [6.45, 7) is 4.97. The third-order valence-corrected chi connectivity index (χ3v) is 6.52. The first kappa shape index (κ1) is 24.6. The van der Waals surface area contributed by atoms with E-state index in [-0.39, 0.29) is 5.91 Å². The van der Waals surface area contributed by atoms with Gasteiger partial charge in [-0.15, -0.1) is 0 Å². The van der Waals surface area contributed by atoms with Gasteiger partial charge < -0.3 is 14.2 Å². The zero-order chi connectivity index (χ0) is 25.9. The number of rotatable bonds is 9. The molecule has 37 heavy (non-hydrogen) atoms. The lowest BCUT2D eigenvalue weighted by molar-refractivity contribution is -0.126. The number of carbonyl (C=O) groups excluding carboxylic acids is 2. The minimum absolute atomic E-state index is 0.341. The molecule has 8 heteroatoms. The highest BCUT2D eigenvalue weighted by Crippen LogP contribution is 2.49. The molecule has 8 nitrogen and oxygen atoms in total. The average molecular weight is 503 g/mol. The largest absolute Gasteiger partial charge is 0.495 e. The van der Waals surface area contributed by atoms with Crippen LogP contribution in [0.25, 0.3) is 0 Å². The number of methoxy groups -OCH3 is 1. The molecule has 0 aliphatic carbocycles. The van der Waals surface area contributed by atoms with Gasteiger partial charge >= 0.3 is 0 Å². The summed E-state index contributed by atoms with van der Waals surface area (Å²) in [6.07, 6.45) is -0.112. The van der Waals surface area contributed by atoms with Gasteiger partial charge in [0.2, 0.25) is 5.91 Å². The molecule has 0 unspecified atom stereocenters. The van der Waals surface area contributed by atoms with Crippen molar-refractivity contribution in [2.45, 2.75) is 32.4 Å². The van der Waals surface area contributed by atoms with Crippen LogP contribution >= 0.6 is 0 Å². The van der Waals surface area contributed by atoms with E-state index in [0.29, 0.717) is 36.1 Å². The summed E-state index contributed by atoms with van der Waals surface area (Å²) in [4.78, 5) is 35.0. The van der Waals surface area contributed by atoms with Crippen molar-refractivity contribution < 1.29 is 28.6 Å². The Morgan fingerprint density at radius 2 is 1.59 bits per heavy atom. The van der Waals surface area contributed by atoms with E-state index in [1.807, 2.05) is 62.4 Å². The molecule has 0 radical (unpaired) electrons. The number of hydroxylamine groups is 1. The smallest absolute Gasteiger partial charge is 0.266 e. The maximum absolute atomic E-state index is 13.9. The molecule has 2 saturated heterocycles. The van der Waals surface area contributed by atoms with E-state index < -0.39 is 24.0 Å². The topological polar surface area (TPSA) is 77.5 Å². The summed E-state index contributed by atoms with van der Waals surface area (Å²) in [5, 5.41) is 1.67. The van der Waals surface area contributed by atoms with E-state index in [4.69, 9.17) is 19.0 Å². The summed E-state index contributed by atoms with van der Waals surface area (Å²) in [5.74, 6) is 0.135. The summed E-state index contributed by atoms with van der Waals surface area (Å²) in [7, 11) is 1.51. The zero-order valence-corrected chi connectivity index (χ0v) is 21.1. The summed E-state index contributed by atoms with van der Waals surface area (Å²) < 4.78 is 17.2. The Bertz CT molecular complexity index is 1280. The molecule has 0 spiro atoms. The van der Waals surface area contributed by atoms with Gasteiger partial charge in [-0.2, -0.15) is 0 Å². The Balaban J connectivity index is 1.59. The number of hydrogen-bond donors (Lipinski definition) is 0. The van der Waals surface area contributed by atoms with Crippen molar-refractivity contribution in [1.29, 1.82) is 0 Å². The van der Waals surface area contributed by atoms with Gasteiger partial charge in [0.25, 0.3) is 5.91 Å². The number of carbonyl (C=O) groups is 2. The van der Waals surface area contributed by atoms with Gasteiger partial charge in [0.1, 0.15) is 11.7 Å². The minimum atomic E-state index is -0.978. The van der Waals surface area contributed by atoms with Gasteiger partial charge in [0.05, 0.1) is 37.7 Å². The highest BCUT2D eigenvalue weighted by atomic mass is 16.7. The molecule has 3 atom stereocenters. The Morgan fingerprint density at radius 3 is 2.32 bits per heavy atom. The summed E-state index contributed by atoms with van der Waals surface area (Å²) >= 11 is 0. The van der Waals surface area contributed by atoms with Crippen molar-refractivity contribution in [3.63, 3.8) is 0 Å². The van der Waals surface area contributed by atoms with Crippen molar-refractivity contribution in [1.82, 2.24) is 0 Å². The predicted molar refractivity (Wildman–Crippen MR) is 139 cm³/mol. The van der Waals surface area contributed by atoms with Crippen LogP contribution in [0.4, 0.5) is 11.4 Å². The van der Waals surface area contributed by atoms with Crippen LogP contribution in [0.15, 0.2) is 72.8 Å². The first-order chi connectivity index (χ1) is 18.1. The Hall–Kier alpha value is -4.04. The zero-order valence-electron chi connectivity index (χ0n) is 21.1. The standard InChI is InChI=1S/C29H30N2O6/c1-4-17-36-23-16-15-19(18-24(23)35-5-2)26-25-27(37-31(26)20-11-7-6-8-12-20)29(33)30(28(25)32)21-13-9-10-14-22(21)34-3/h6-16,18,25-27H,4-5,17H2,1-3H3/t25-,26-,27-/m1/s1. The normalized spacial score (nSPS) is 20.8. The molecule has 2 amide bonds. The summed E-state index contributed by atoms with van der Waals surface area (Å²) in [6, 6.07) is 21.5. The highest BCUT2D eigenvalue weighted by Gasteiger charge is 2.60. The predicted octanol–water partition coefficient (Wildman–Crippen LogP) is 4.93. The van der Waals surface area contributed by atoms with Gasteiger partial charge in [-0.1, -0.05) is 43.3 Å². The van der Waals surface area contributed by atoms with Crippen LogP contribution in [-0.4, -0.2) is 38.2 Å². The van der Waals surface area contributed by atoms with Crippen molar-refractivity contribution >= 4 is 23.2 Å². The van der Waals surface area contributed by atoms with E-state index in [9.17, 15) is 9.59 Å². The first-order valence-corrected chi connectivity index (χ1v) is 12.5. The number of benzene rings is 3. The number of para-hydroxylation sites is 3. The number of amides is 2. The number of fused-ring (bicyclic) bond motifs is 1. The fourth-order valence-electron chi connectivity index (χ4n) is 4.91. The van der Waals surface area contributed by atoms with Gasteiger partial charge in [-0.25, -0.2) is 9.96 Å². The highest BCUT2D eigenvalue weighted by molar-refractivity contribution is 6.24. The van der Waals surface area contributed by atoms with Crippen LogP contribution in [0.2, 0.25) is 0 Å². The summed E-state index contributed by atoms with van der Waals surface area (Å²) in [5.41, 5.74) is 1.93. The molecular weight excluding hydrogens is 472 g/mol. The van der Waals surface area contributed by atoms with E-state index in [1.165, 1.54) is 12.0 Å². The fraction of sp³-hybridized carbons (Fsp3) is 0.310. The first-order valence-electron chi connectivity index (χ1n) is 12.5. The van der Waals surface area contributed by atoms with Gasteiger partial charge in [-0.3, -0.25) is 14.4 Å². The number of anilines is 2. The molecule has 5 rings (SSSR count). The van der Waals surface area contributed by atoms with E-state index in [1.54, 1.807) is 29.3 Å². The van der Waals surface area contributed by atoms with Crippen LogP contribution in [0.3, 0.4) is 0 Å². The van der Waals surface area contributed by atoms with Crippen molar-refractivity contribution in [3.05, 3.63) is 78.4 Å². The van der Waals surface area contributed by atoms with Crippen LogP contribution in [0.1, 0.15) is 31.9 Å². The third-order valence-electron chi connectivity index (χ3n) is 6.52. The lowest BCUT2D eigenvalue weighted by Crippen LogP contribution is -2.37. The second-order valence-electron chi connectivity index (χ2n) is 8.83. The van der Waals surface area contributed by atoms with Crippen molar-refractivity contribution in [2.24, 2.45) is 5.92 Å². The van der Waals surface area contributed by atoms with Crippen LogP contribution in [0.5, 0.6) is 17.2 Å². The number of ether oxygens (including phenoxy) is 3. The maximum atomic E-state index is 13.9. The average Bonchev–Trinajstić information content (AvgIpc) is 3.44. The van der Waals surface area contributed by atoms with Crippen LogP contribution in [-0.2, 0) is 14.4 Å². The number of imide groups is 1. The number of nitrogens with zero attached hydrogens (tertiary/aromatic N) is 2. The molecule has 192 valence electrons. The molecular formula is C29H30N2O6. The quantitative estimate of drug-likeness (QED) is 0.384. The lowest BCUT2D eigenvalue weighted by atomic mass is 9.90. The molecule has 0 N–H and O–H groups in total. The second-order valence-corrected chi connectivity index (χ2v) is 8.83. The molecule has 0 saturated carbocycles. The number of hydrogen-bond acceptors (Lipinski definition) is 7.